The number of aromatic amines is 1. The van der Waals surface area contributed by atoms with Crippen LogP contribution in [0.3, 0.4) is 0 Å². The molecule has 2 rings (SSSR count). The predicted octanol–water partition coefficient (Wildman–Crippen LogP) is -0.276. The molecular weight excluding hydrogens is 238 g/mol. The highest BCUT2D eigenvalue weighted by molar-refractivity contribution is 5.75. The molecule has 2 aromatic heterocycles. The van der Waals surface area contributed by atoms with E-state index < -0.39 is 5.97 Å². The minimum atomic E-state index is -0.398. The highest BCUT2D eigenvalue weighted by Crippen LogP contribution is 2.07. The van der Waals surface area contributed by atoms with Crippen molar-refractivity contribution in [1.29, 1.82) is 0 Å². The lowest BCUT2D eigenvalue weighted by Crippen LogP contribution is -2.15. The van der Waals surface area contributed by atoms with Crippen molar-refractivity contribution in [2.45, 2.75) is 13.5 Å². The average molecular weight is 251 g/mol. The van der Waals surface area contributed by atoms with Crippen LogP contribution < -0.4 is 10.9 Å². The van der Waals surface area contributed by atoms with Crippen LogP contribution in [0.25, 0.3) is 11.2 Å². The van der Waals surface area contributed by atoms with Gasteiger partial charge in [0.1, 0.15) is 6.54 Å². The summed E-state index contributed by atoms with van der Waals surface area (Å²) in [6.45, 7) is 2.01. The van der Waals surface area contributed by atoms with Gasteiger partial charge in [-0.05, 0) is 6.92 Å². The number of hydrogen-bond donors (Lipinski definition) is 2. The van der Waals surface area contributed by atoms with Gasteiger partial charge in [0.25, 0.3) is 5.56 Å². The third-order valence-corrected chi connectivity index (χ3v) is 2.32. The number of rotatable bonds is 4. The molecule has 0 bridgehead atoms. The summed E-state index contributed by atoms with van der Waals surface area (Å²) in [5.74, 6) is -0.0806. The molecule has 0 aliphatic heterocycles. The SMILES string of the molecule is CCOC(=O)Cn1cnc2c(=O)[nH]c(NC)nc21. The van der Waals surface area contributed by atoms with Crippen LogP contribution in [-0.2, 0) is 16.1 Å². The zero-order valence-electron chi connectivity index (χ0n) is 10.1. The summed E-state index contributed by atoms with van der Waals surface area (Å²) in [5.41, 5.74) is 0.182. The first-order valence-electron chi connectivity index (χ1n) is 5.44. The van der Waals surface area contributed by atoms with Gasteiger partial charge in [-0.1, -0.05) is 0 Å². The number of anilines is 1. The van der Waals surface area contributed by atoms with E-state index in [4.69, 9.17) is 4.74 Å². The van der Waals surface area contributed by atoms with Gasteiger partial charge >= 0.3 is 5.97 Å². The van der Waals surface area contributed by atoms with Crippen LogP contribution in [0.4, 0.5) is 5.95 Å². The van der Waals surface area contributed by atoms with E-state index in [1.165, 1.54) is 10.9 Å². The van der Waals surface area contributed by atoms with Gasteiger partial charge in [0.2, 0.25) is 5.95 Å². The topological polar surface area (TPSA) is 102 Å². The summed E-state index contributed by atoms with van der Waals surface area (Å²) in [5, 5.41) is 2.73. The minimum absolute atomic E-state index is 0.0239. The van der Waals surface area contributed by atoms with Crippen molar-refractivity contribution in [2.24, 2.45) is 0 Å². The van der Waals surface area contributed by atoms with Gasteiger partial charge in [-0.25, -0.2) is 4.98 Å². The fourth-order valence-electron chi connectivity index (χ4n) is 1.53. The maximum atomic E-state index is 11.7. The zero-order valence-corrected chi connectivity index (χ0v) is 10.1. The molecule has 0 saturated carbocycles. The van der Waals surface area contributed by atoms with Gasteiger partial charge in [0.05, 0.1) is 12.9 Å². The van der Waals surface area contributed by atoms with Crippen LogP contribution in [0.15, 0.2) is 11.1 Å². The van der Waals surface area contributed by atoms with Crippen LogP contribution in [0.1, 0.15) is 6.92 Å². The van der Waals surface area contributed by atoms with Crippen molar-refractivity contribution in [3.05, 3.63) is 16.7 Å². The normalized spacial score (nSPS) is 10.6. The molecule has 0 radical (unpaired) electrons. The third-order valence-electron chi connectivity index (χ3n) is 2.32. The molecule has 0 spiro atoms. The molecule has 96 valence electrons. The van der Waals surface area contributed by atoms with E-state index in [-0.39, 0.29) is 17.6 Å². The number of carbonyl (C=O) groups is 1. The van der Waals surface area contributed by atoms with Crippen LogP contribution in [-0.4, -0.2) is 39.1 Å². The lowest BCUT2D eigenvalue weighted by atomic mass is 10.5. The summed E-state index contributed by atoms with van der Waals surface area (Å²) >= 11 is 0. The molecule has 2 heterocycles. The molecule has 0 unspecified atom stereocenters. The van der Waals surface area contributed by atoms with Gasteiger partial charge < -0.3 is 14.6 Å². The number of fused-ring (bicyclic) bond motifs is 1. The molecule has 2 N–H and O–H groups in total. The second-order valence-corrected chi connectivity index (χ2v) is 3.51. The number of H-pyrrole nitrogens is 1. The predicted molar refractivity (Wildman–Crippen MR) is 64.3 cm³/mol. The van der Waals surface area contributed by atoms with E-state index in [9.17, 15) is 9.59 Å². The number of nitrogens with zero attached hydrogens (tertiary/aromatic N) is 3. The number of aromatic nitrogens is 4. The summed E-state index contributed by atoms with van der Waals surface area (Å²) in [7, 11) is 1.64. The Bertz CT molecular complexity index is 630. The fourth-order valence-corrected chi connectivity index (χ4v) is 1.53. The number of nitrogens with one attached hydrogen (secondary N) is 2. The highest BCUT2D eigenvalue weighted by atomic mass is 16.5. The van der Waals surface area contributed by atoms with Crippen molar-refractivity contribution in [1.82, 2.24) is 19.5 Å². The summed E-state index contributed by atoms with van der Waals surface area (Å²) < 4.78 is 6.31. The number of esters is 1. The first kappa shape index (κ1) is 12.1. The summed E-state index contributed by atoms with van der Waals surface area (Å²) in [4.78, 5) is 33.7. The maximum Gasteiger partial charge on any atom is 0.326 e. The largest absolute Gasteiger partial charge is 0.465 e. The van der Waals surface area contributed by atoms with E-state index in [1.807, 2.05) is 0 Å². The first-order valence-corrected chi connectivity index (χ1v) is 5.44. The lowest BCUT2D eigenvalue weighted by Gasteiger charge is -2.04. The maximum absolute atomic E-state index is 11.7. The van der Waals surface area contributed by atoms with Crippen molar-refractivity contribution in [2.75, 3.05) is 19.0 Å². The number of ether oxygens (including phenoxy) is 1. The van der Waals surface area contributed by atoms with Crippen molar-refractivity contribution in [3.8, 4) is 0 Å². The second kappa shape index (κ2) is 4.86. The molecule has 0 amide bonds. The van der Waals surface area contributed by atoms with Crippen LogP contribution in [0, 0.1) is 0 Å². The van der Waals surface area contributed by atoms with Crippen LogP contribution >= 0.6 is 0 Å². The Balaban J connectivity index is 2.43. The number of carbonyl (C=O) groups excluding carboxylic acids is 1. The summed E-state index contributed by atoms with van der Waals surface area (Å²) in [6, 6.07) is 0. The fraction of sp³-hybridized carbons (Fsp3) is 0.400. The molecule has 2 aromatic rings. The molecule has 0 aliphatic rings. The van der Waals surface area contributed by atoms with E-state index in [0.29, 0.717) is 18.2 Å². The van der Waals surface area contributed by atoms with E-state index in [2.05, 4.69) is 20.3 Å². The Morgan fingerprint density at radius 3 is 3.06 bits per heavy atom. The Kier molecular flexibility index (Phi) is 3.26. The first-order chi connectivity index (χ1) is 8.65. The minimum Gasteiger partial charge on any atom is -0.465 e. The monoisotopic (exact) mass is 251 g/mol. The zero-order chi connectivity index (χ0) is 13.1. The highest BCUT2D eigenvalue weighted by Gasteiger charge is 2.12. The second-order valence-electron chi connectivity index (χ2n) is 3.51. The van der Waals surface area contributed by atoms with E-state index in [0.717, 1.165) is 0 Å². The molecule has 0 atom stereocenters. The number of imidazole rings is 1. The molecular formula is C10H13N5O3. The van der Waals surface area contributed by atoms with Gasteiger partial charge in [-0.15, -0.1) is 0 Å². The molecule has 0 aromatic carbocycles. The van der Waals surface area contributed by atoms with Crippen molar-refractivity contribution >= 4 is 23.1 Å². The lowest BCUT2D eigenvalue weighted by molar-refractivity contribution is -0.143. The van der Waals surface area contributed by atoms with Crippen LogP contribution in [0.5, 0.6) is 0 Å². The van der Waals surface area contributed by atoms with Gasteiger partial charge in [0.15, 0.2) is 11.2 Å². The van der Waals surface area contributed by atoms with Crippen molar-refractivity contribution in [3.63, 3.8) is 0 Å². The Labute approximate surface area is 102 Å². The number of hydrogen-bond acceptors (Lipinski definition) is 6. The molecule has 0 fully saturated rings. The summed E-state index contributed by atoms with van der Waals surface area (Å²) in [6.07, 6.45) is 1.39. The van der Waals surface area contributed by atoms with Crippen molar-refractivity contribution < 1.29 is 9.53 Å². The molecule has 8 nitrogen and oxygen atoms in total. The van der Waals surface area contributed by atoms with Gasteiger partial charge in [-0.3, -0.25) is 14.6 Å². The van der Waals surface area contributed by atoms with Gasteiger partial charge in [0, 0.05) is 7.05 Å². The Morgan fingerprint density at radius 2 is 2.39 bits per heavy atom. The molecule has 8 heteroatoms. The van der Waals surface area contributed by atoms with E-state index in [1.54, 1.807) is 14.0 Å². The average Bonchev–Trinajstić information content (AvgIpc) is 2.73. The quantitative estimate of drug-likeness (QED) is 0.725. The van der Waals surface area contributed by atoms with Crippen LogP contribution in [0.2, 0.25) is 0 Å². The Morgan fingerprint density at radius 1 is 1.61 bits per heavy atom. The standard InChI is InChI=1S/C10H13N5O3/c1-3-18-6(16)4-15-5-12-7-8(15)13-10(11-2)14-9(7)17/h5H,3-4H2,1-2H3,(H2,11,13,14,17). The molecule has 0 aliphatic carbocycles. The third kappa shape index (κ3) is 2.17. The molecule has 18 heavy (non-hydrogen) atoms. The smallest absolute Gasteiger partial charge is 0.326 e. The molecule has 0 saturated heterocycles. The van der Waals surface area contributed by atoms with E-state index >= 15 is 0 Å². The Hall–Kier alpha value is -2.38. The van der Waals surface area contributed by atoms with Gasteiger partial charge in [-0.2, -0.15) is 4.98 Å².